The Morgan fingerprint density at radius 1 is 1.08 bits per heavy atom. The molecule has 0 aromatic heterocycles. The molecule has 6 nitrogen and oxygen atoms in total. The first-order chi connectivity index (χ1) is 12.2. The monoisotopic (exact) mass is 378 g/mol. The second-order valence-electron chi connectivity index (χ2n) is 5.67. The number of ketones is 1. The minimum absolute atomic E-state index is 0.00526. The average molecular weight is 378 g/mol. The largest absolute Gasteiger partial charge is 0.350 e. The lowest BCUT2D eigenvalue weighted by molar-refractivity contribution is 0.0949. The Bertz CT molecular complexity index is 911. The van der Waals surface area contributed by atoms with Crippen molar-refractivity contribution in [3.63, 3.8) is 0 Å². The number of carbonyl (C=O) groups is 2. The molecule has 0 atom stereocenters. The molecule has 0 aliphatic heterocycles. The summed E-state index contributed by atoms with van der Waals surface area (Å²) in [5, 5.41) is 2.50. The van der Waals surface area contributed by atoms with Crippen LogP contribution in [0.2, 0.25) is 0 Å². The molecular weight excluding hydrogens is 359 g/mol. The molecule has 0 radical (unpaired) electrons. The molecule has 2 rings (SSSR count). The number of amides is 1. The molecule has 0 fully saturated rings. The van der Waals surface area contributed by atoms with Crippen LogP contribution >= 0.6 is 0 Å². The van der Waals surface area contributed by atoms with E-state index in [2.05, 4.69) is 5.32 Å². The molecule has 0 saturated carbocycles. The lowest BCUT2D eigenvalue weighted by atomic mass is 10.1. The fraction of sp³-hybridized carbons (Fsp3) is 0.222. The predicted molar refractivity (Wildman–Crippen MR) is 97.4 cm³/mol. The zero-order valence-electron chi connectivity index (χ0n) is 14.4. The highest BCUT2D eigenvalue weighted by atomic mass is 32.2. The number of halogens is 1. The number of nitrogens with one attached hydrogen (secondary N) is 1. The summed E-state index contributed by atoms with van der Waals surface area (Å²) in [5.41, 5.74) is 0.733. The summed E-state index contributed by atoms with van der Waals surface area (Å²) in [4.78, 5) is 23.3. The van der Waals surface area contributed by atoms with Gasteiger partial charge in [0.1, 0.15) is 5.82 Å². The van der Waals surface area contributed by atoms with Crippen molar-refractivity contribution in [1.82, 2.24) is 5.32 Å². The van der Waals surface area contributed by atoms with Crippen molar-refractivity contribution in [1.29, 1.82) is 0 Å². The number of hydrogen-bond acceptors (Lipinski definition) is 4. The molecule has 0 heterocycles. The number of anilines is 1. The normalized spacial score (nSPS) is 11.0. The van der Waals surface area contributed by atoms with E-state index in [0.29, 0.717) is 11.3 Å². The third kappa shape index (κ3) is 4.89. The minimum atomic E-state index is -3.60. The Morgan fingerprint density at radius 2 is 1.69 bits per heavy atom. The van der Waals surface area contributed by atoms with Crippen molar-refractivity contribution in [3.05, 3.63) is 65.5 Å². The van der Waals surface area contributed by atoms with E-state index in [0.717, 1.165) is 10.6 Å². The Morgan fingerprint density at radius 3 is 2.23 bits per heavy atom. The molecule has 8 heteroatoms. The van der Waals surface area contributed by atoms with Gasteiger partial charge in [0.25, 0.3) is 5.91 Å². The van der Waals surface area contributed by atoms with Gasteiger partial charge in [-0.2, -0.15) is 0 Å². The van der Waals surface area contributed by atoms with Crippen LogP contribution < -0.4 is 9.62 Å². The molecule has 0 saturated heterocycles. The van der Waals surface area contributed by atoms with Gasteiger partial charge in [0.2, 0.25) is 10.0 Å². The highest BCUT2D eigenvalue weighted by Gasteiger charge is 2.18. The van der Waals surface area contributed by atoms with Crippen molar-refractivity contribution in [2.24, 2.45) is 0 Å². The molecule has 1 amide bonds. The zero-order chi connectivity index (χ0) is 19.3. The maximum Gasteiger partial charge on any atom is 0.254 e. The number of rotatable bonds is 7. The quantitative estimate of drug-likeness (QED) is 0.749. The summed E-state index contributed by atoms with van der Waals surface area (Å²) in [6, 6.07) is 11.7. The lowest BCUT2D eigenvalue weighted by Crippen LogP contribution is -2.38. The second kappa shape index (κ2) is 8.09. The van der Waals surface area contributed by atoms with E-state index in [1.807, 2.05) is 0 Å². The Labute approximate surface area is 151 Å². The van der Waals surface area contributed by atoms with Gasteiger partial charge in [-0.3, -0.25) is 13.9 Å². The summed E-state index contributed by atoms with van der Waals surface area (Å²) in [7, 11) is -3.60. The average Bonchev–Trinajstić information content (AvgIpc) is 2.58. The van der Waals surface area contributed by atoms with Gasteiger partial charge < -0.3 is 5.32 Å². The van der Waals surface area contributed by atoms with E-state index >= 15 is 0 Å². The highest BCUT2D eigenvalue weighted by molar-refractivity contribution is 7.92. The molecule has 0 spiro atoms. The van der Waals surface area contributed by atoms with Gasteiger partial charge in [0.15, 0.2) is 5.78 Å². The van der Waals surface area contributed by atoms with Crippen LogP contribution in [-0.4, -0.2) is 39.5 Å². The van der Waals surface area contributed by atoms with Crippen LogP contribution in [0, 0.1) is 5.82 Å². The van der Waals surface area contributed by atoms with Gasteiger partial charge in [-0.25, -0.2) is 12.8 Å². The summed E-state index contributed by atoms with van der Waals surface area (Å²) in [5.74, 6) is -1.40. The topological polar surface area (TPSA) is 83.6 Å². The van der Waals surface area contributed by atoms with Crippen LogP contribution in [-0.2, 0) is 10.0 Å². The molecule has 2 aromatic rings. The van der Waals surface area contributed by atoms with Crippen LogP contribution in [0.1, 0.15) is 27.6 Å². The first kappa shape index (κ1) is 19.6. The van der Waals surface area contributed by atoms with Gasteiger partial charge in [0.05, 0.1) is 24.1 Å². The maximum absolute atomic E-state index is 13.6. The number of hydrogen-bond donors (Lipinski definition) is 1. The molecule has 0 unspecified atom stereocenters. The summed E-state index contributed by atoms with van der Waals surface area (Å²) in [6.07, 6.45) is 1.05. The lowest BCUT2D eigenvalue weighted by Gasteiger charge is -2.22. The maximum atomic E-state index is 13.6. The van der Waals surface area contributed by atoms with E-state index in [4.69, 9.17) is 0 Å². The van der Waals surface area contributed by atoms with E-state index in [1.165, 1.54) is 55.5 Å². The molecule has 138 valence electrons. The smallest absolute Gasteiger partial charge is 0.254 e. The highest BCUT2D eigenvalue weighted by Crippen LogP contribution is 2.18. The van der Waals surface area contributed by atoms with Crippen LogP contribution in [0.5, 0.6) is 0 Å². The Hall–Kier alpha value is -2.74. The van der Waals surface area contributed by atoms with Crippen LogP contribution in [0.3, 0.4) is 0 Å². The number of Topliss-reactive ketones (excluding diaryl/α,β-unsaturated/α-hetero) is 1. The fourth-order valence-electron chi connectivity index (χ4n) is 2.36. The fourth-order valence-corrected chi connectivity index (χ4v) is 3.29. The summed E-state index contributed by atoms with van der Waals surface area (Å²) in [6.45, 7) is 1.38. The Kier molecular flexibility index (Phi) is 6.10. The van der Waals surface area contributed by atoms with Gasteiger partial charge in [-0.1, -0.05) is 12.1 Å². The number of benzene rings is 2. The molecule has 0 aliphatic carbocycles. The molecule has 26 heavy (non-hydrogen) atoms. The SMILES string of the molecule is CC(=O)c1ccc(N(CCNC(=O)c2ccccc2F)S(C)(=O)=O)cc1. The van der Waals surface area contributed by atoms with Crippen molar-refractivity contribution >= 4 is 27.4 Å². The summed E-state index contributed by atoms with van der Waals surface area (Å²) < 4.78 is 38.8. The van der Waals surface area contributed by atoms with Gasteiger partial charge in [0, 0.05) is 12.1 Å². The summed E-state index contributed by atoms with van der Waals surface area (Å²) >= 11 is 0. The van der Waals surface area contributed by atoms with Crippen molar-refractivity contribution < 1.29 is 22.4 Å². The molecule has 0 aliphatic rings. The standard InChI is InChI=1S/C18H19FN2O4S/c1-13(22)14-7-9-15(10-8-14)21(26(2,24)25)12-11-20-18(23)16-5-3-4-6-17(16)19/h3-10H,11-12H2,1-2H3,(H,20,23). The van der Waals surface area contributed by atoms with Crippen molar-refractivity contribution in [2.75, 3.05) is 23.7 Å². The van der Waals surface area contributed by atoms with E-state index in [9.17, 15) is 22.4 Å². The van der Waals surface area contributed by atoms with E-state index in [1.54, 1.807) is 0 Å². The van der Waals surface area contributed by atoms with Gasteiger partial charge in [-0.15, -0.1) is 0 Å². The van der Waals surface area contributed by atoms with E-state index in [-0.39, 0.29) is 24.4 Å². The third-order valence-corrected chi connectivity index (χ3v) is 4.88. The van der Waals surface area contributed by atoms with Crippen LogP contribution in [0.4, 0.5) is 10.1 Å². The predicted octanol–water partition coefficient (Wildman–Crippen LogP) is 2.22. The molecular formula is C18H19FN2O4S. The van der Waals surface area contributed by atoms with Crippen LogP contribution in [0.15, 0.2) is 48.5 Å². The number of sulfonamides is 1. The van der Waals surface area contributed by atoms with Crippen molar-refractivity contribution in [2.45, 2.75) is 6.92 Å². The van der Waals surface area contributed by atoms with Gasteiger partial charge in [-0.05, 0) is 43.3 Å². The first-order valence-corrected chi connectivity index (χ1v) is 9.66. The van der Waals surface area contributed by atoms with Crippen molar-refractivity contribution in [3.8, 4) is 0 Å². The Balaban J connectivity index is 2.08. The molecule has 2 aromatic carbocycles. The van der Waals surface area contributed by atoms with E-state index < -0.39 is 21.7 Å². The molecule has 1 N–H and O–H groups in total. The number of carbonyl (C=O) groups excluding carboxylic acids is 2. The first-order valence-electron chi connectivity index (χ1n) is 7.81. The molecule has 0 bridgehead atoms. The zero-order valence-corrected chi connectivity index (χ0v) is 15.2. The third-order valence-electron chi connectivity index (χ3n) is 3.68. The van der Waals surface area contributed by atoms with Gasteiger partial charge >= 0.3 is 0 Å². The second-order valence-corrected chi connectivity index (χ2v) is 7.58. The minimum Gasteiger partial charge on any atom is -0.350 e. The number of nitrogens with zero attached hydrogens (tertiary/aromatic N) is 1. The van der Waals surface area contributed by atoms with Crippen LogP contribution in [0.25, 0.3) is 0 Å².